The summed E-state index contributed by atoms with van der Waals surface area (Å²) in [5, 5.41) is 2.81. The molecule has 2 aromatic carbocycles. The summed E-state index contributed by atoms with van der Waals surface area (Å²) in [6.45, 7) is 4.36. The van der Waals surface area contributed by atoms with E-state index in [-0.39, 0.29) is 18.4 Å². The number of amides is 2. The highest BCUT2D eigenvalue weighted by Crippen LogP contribution is 2.34. The van der Waals surface area contributed by atoms with Crippen molar-refractivity contribution in [2.45, 2.75) is 20.3 Å². The number of carbonyl (C=O) groups is 2. The Kier molecular flexibility index (Phi) is 7.70. The maximum atomic E-state index is 12.4. The van der Waals surface area contributed by atoms with Crippen molar-refractivity contribution in [2.75, 3.05) is 25.6 Å². The maximum absolute atomic E-state index is 12.4. The van der Waals surface area contributed by atoms with Crippen LogP contribution in [0.1, 0.15) is 25.0 Å². The number of ether oxygens (including phenoxy) is 2. The summed E-state index contributed by atoms with van der Waals surface area (Å²) >= 11 is 6.52. The summed E-state index contributed by atoms with van der Waals surface area (Å²) in [5.41, 5.74) is 2.70. The quantitative estimate of drug-likeness (QED) is 0.466. The third-order valence-corrected chi connectivity index (χ3v) is 6.06. The van der Waals surface area contributed by atoms with Crippen LogP contribution in [0, 0.1) is 0 Å². The molecule has 1 saturated heterocycles. The molecule has 0 aliphatic carbocycles. The Morgan fingerprint density at radius 2 is 1.90 bits per heavy atom. The molecule has 0 bridgehead atoms. The van der Waals surface area contributed by atoms with Gasteiger partial charge in [0.25, 0.3) is 11.8 Å². The molecule has 0 unspecified atom stereocenters. The lowest BCUT2D eigenvalue weighted by Gasteiger charge is -2.12. The number of nitrogens with one attached hydrogen (secondary N) is 1. The molecule has 2 amide bonds. The largest absolute Gasteiger partial charge is 0.493 e. The highest BCUT2D eigenvalue weighted by Gasteiger charge is 2.30. The standard InChI is InChI=1S/C23H24N2O4S2/c1-4-15-6-9-17(10-7-15)24-21(26)14-29-18-11-8-16(12-19(18)28-3)13-20-22(27)25(5-2)23(30)31-20/h6-13H,4-5,14H2,1-3H3,(H,24,26)/b20-13+. The lowest BCUT2D eigenvalue weighted by molar-refractivity contribution is -0.122. The zero-order valence-corrected chi connectivity index (χ0v) is 19.3. The number of nitrogens with zero attached hydrogens (tertiary/aromatic N) is 1. The first kappa shape index (κ1) is 22.8. The molecule has 162 valence electrons. The van der Waals surface area contributed by atoms with E-state index in [2.05, 4.69) is 12.2 Å². The zero-order valence-electron chi connectivity index (χ0n) is 17.6. The number of likely N-dealkylation sites (N-methyl/N-ethyl adjacent to an activating group) is 1. The molecule has 0 aromatic heterocycles. The van der Waals surface area contributed by atoms with Crippen molar-refractivity contribution in [1.29, 1.82) is 0 Å². The van der Waals surface area contributed by atoms with Gasteiger partial charge in [0.2, 0.25) is 0 Å². The monoisotopic (exact) mass is 456 g/mol. The third kappa shape index (κ3) is 5.65. The number of carbonyl (C=O) groups excluding carboxylic acids is 2. The van der Waals surface area contributed by atoms with Gasteiger partial charge in [0.05, 0.1) is 12.0 Å². The minimum absolute atomic E-state index is 0.0968. The van der Waals surface area contributed by atoms with Crippen molar-refractivity contribution in [2.24, 2.45) is 0 Å². The van der Waals surface area contributed by atoms with Crippen LogP contribution in [0.15, 0.2) is 47.4 Å². The van der Waals surface area contributed by atoms with Crippen LogP contribution >= 0.6 is 24.0 Å². The van der Waals surface area contributed by atoms with Crippen molar-refractivity contribution in [3.8, 4) is 11.5 Å². The Bertz CT molecular complexity index is 1020. The van der Waals surface area contributed by atoms with E-state index in [0.717, 1.165) is 17.7 Å². The van der Waals surface area contributed by atoms with Gasteiger partial charge < -0.3 is 14.8 Å². The fourth-order valence-corrected chi connectivity index (χ4v) is 4.37. The molecule has 3 rings (SSSR count). The van der Waals surface area contributed by atoms with E-state index in [1.165, 1.54) is 24.4 Å². The number of aryl methyl sites for hydroxylation is 1. The maximum Gasteiger partial charge on any atom is 0.266 e. The molecule has 1 fully saturated rings. The van der Waals surface area contributed by atoms with Crippen LogP contribution in [0.2, 0.25) is 0 Å². The van der Waals surface area contributed by atoms with Crippen LogP contribution in [0.3, 0.4) is 0 Å². The molecule has 0 spiro atoms. The number of methoxy groups -OCH3 is 1. The van der Waals surface area contributed by atoms with Crippen LogP contribution in [0.4, 0.5) is 5.69 Å². The fraction of sp³-hybridized carbons (Fsp3) is 0.261. The van der Waals surface area contributed by atoms with Gasteiger partial charge in [-0.15, -0.1) is 0 Å². The van der Waals surface area contributed by atoms with Crippen LogP contribution in [0.25, 0.3) is 6.08 Å². The smallest absolute Gasteiger partial charge is 0.266 e. The zero-order chi connectivity index (χ0) is 22.4. The van der Waals surface area contributed by atoms with Crippen LogP contribution in [-0.2, 0) is 16.0 Å². The average Bonchev–Trinajstić information content (AvgIpc) is 3.05. The Morgan fingerprint density at radius 3 is 2.52 bits per heavy atom. The van der Waals surface area contributed by atoms with Crippen molar-refractivity contribution >= 4 is 51.9 Å². The number of benzene rings is 2. The molecule has 0 radical (unpaired) electrons. The third-order valence-electron chi connectivity index (χ3n) is 4.68. The van der Waals surface area contributed by atoms with Gasteiger partial charge in [-0.25, -0.2) is 0 Å². The second-order valence-electron chi connectivity index (χ2n) is 6.72. The average molecular weight is 457 g/mol. The van der Waals surface area contributed by atoms with Crippen molar-refractivity contribution in [3.63, 3.8) is 0 Å². The molecular formula is C23H24N2O4S2. The molecule has 31 heavy (non-hydrogen) atoms. The highest BCUT2D eigenvalue weighted by molar-refractivity contribution is 8.26. The summed E-state index contributed by atoms with van der Waals surface area (Å²) in [6, 6.07) is 13.0. The van der Waals surface area contributed by atoms with Gasteiger partial charge in [0, 0.05) is 12.2 Å². The Balaban J connectivity index is 1.64. The van der Waals surface area contributed by atoms with Crippen molar-refractivity contribution < 1.29 is 19.1 Å². The number of hydrogen-bond donors (Lipinski definition) is 1. The minimum atomic E-state index is -0.265. The second-order valence-corrected chi connectivity index (χ2v) is 8.40. The molecular weight excluding hydrogens is 432 g/mol. The molecule has 0 atom stereocenters. The van der Waals surface area contributed by atoms with E-state index in [1.54, 1.807) is 29.2 Å². The van der Waals surface area contributed by atoms with Crippen molar-refractivity contribution in [3.05, 3.63) is 58.5 Å². The predicted molar refractivity (Wildman–Crippen MR) is 128 cm³/mol. The molecule has 1 aliphatic heterocycles. The summed E-state index contributed by atoms with van der Waals surface area (Å²) in [4.78, 5) is 26.7. The first-order valence-corrected chi connectivity index (χ1v) is 11.1. The summed E-state index contributed by atoms with van der Waals surface area (Å²) in [6.07, 6.45) is 2.72. The van der Waals surface area contributed by atoms with Gasteiger partial charge in [-0.05, 0) is 54.8 Å². The molecule has 8 heteroatoms. The van der Waals surface area contributed by atoms with Crippen LogP contribution < -0.4 is 14.8 Å². The molecule has 1 N–H and O–H groups in total. The minimum Gasteiger partial charge on any atom is -0.493 e. The molecule has 1 heterocycles. The predicted octanol–water partition coefficient (Wildman–Crippen LogP) is 4.50. The molecule has 1 aliphatic rings. The SMILES string of the molecule is CCc1ccc(NC(=O)COc2ccc(/C=C3/SC(=S)N(CC)C3=O)cc2OC)cc1. The first-order valence-electron chi connectivity index (χ1n) is 9.90. The number of anilines is 1. The fourth-order valence-electron chi connectivity index (χ4n) is 2.98. The van der Waals surface area contributed by atoms with E-state index in [9.17, 15) is 9.59 Å². The number of hydrogen-bond acceptors (Lipinski definition) is 6. The van der Waals surface area contributed by atoms with E-state index >= 15 is 0 Å². The van der Waals surface area contributed by atoms with Crippen molar-refractivity contribution in [1.82, 2.24) is 4.90 Å². The second kappa shape index (κ2) is 10.5. The van der Waals surface area contributed by atoms with Gasteiger partial charge in [0.15, 0.2) is 18.1 Å². The number of thioether (sulfide) groups is 1. The van der Waals surface area contributed by atoms with Gasteiger partial charge in [-0.2, -0.15) is 0 Å². The van der Waals surface area contributed by atoms with Crippen LogP contribution in [-0.4, -0.2) is 41.3 Å². The normalized spacial score (nSPS) is 14.8. The van der Waals surface area contributed by atoms with Gasteiger partial charge in [-0.1, -0.05) is 49.1 Å². The summed E-state index contributed by atoms with van der Waals surface area (Å²) < 4.78 is 11.6. The number of thiocarbonyl (C=S) groups is 1. The van der Waals surface area contributed by atoms with Crippen LogP contribution in [0.5, 0.6) is 11.5 Å². The van der Waals surface area contributed by atoms with E-state index in [1.807, 2.05) is 31.2 Å². The van der Waals surface area contributed by atoms with E-state index in [0.29, 0.717) is 27.3 Å². The Hall–Kier alpha value is -2.84. The Morgan fingerprint density at radius 1 is 1.16 bits per heavy atom. The van der Waals surface area contributed by atoms with Gasteiger partial charge in [-0.3, -0.25) is 14.5 Å². The molecule has 6 nitrogen and oxygen atoms in total. The summed E-state index contributed by atoms with van der Waals surface area (Å²) in [7, 11) is 1.53. The van der Waals surface area contributed by atoms with E-state index < -0.39 is 0 Å². The lowest BCUT2D eigenvalue weighted by Crippen LogP contribution is -2.27. The summed E-state index contributed by atoms with van der Waals surface area (Å²) in [5.74, 6) is 0.552. The Labute approximate surface area is 191 Å². The van der Waals surface area contributed by atoms with Gasteiger partial charge >= 0.3 is 0 Å². The molecule has 2 aromatic rings. The van der Waals surface area contributed by atoms with E-state index in [4.69, 9.17) is 21.7 Å². The number of rotatable bonds is 8. The molecule has 0 saturated carbocycles. The lowest BCUT2D eigenvalue weighted by atomic mass is 10.1. The first-order chi connectivity index (χ1) is 14.9. The highest BCUT2D eigenvalue weighted by atomic mass is 32.2. The topological polar surface area (TPSA) is 67.9 Å². The van der Waals surface area contributed by atoms with Gasteiger partial charge in [0.1, 0.15) is 4.32 Å².